The molecule has 2 aromatic heterocycles. The Bertz CT molecular complexity index is 1670. The van der Waals surface area contributed by atoms with Crippen molar-refractivity contribution in [3.8, 4) is 0 Å². The second-order valence-electron chi connectivity index (χ2n) is 8.31. The number of amides is 1. The molecule has 2 unspecified atom stereocenters. The zero-order valence-electron chi connectivity index (χ0n) is 19.7. The highest BCUT2D eigenvalue weighted by Crippen LogP contribution is 2.31. The van der Waals surface area contributed by atoms with Gasteiger partial charge in [0.2, 0.25) is 0 Å². The Balaban J connectivity index is 1.32. The SMILES string of the molecule is O=C(c1cccnc1Nc1ccc(S(=O)(=O)Nc2nc3cc([N+](=O)[O-])ccc3s2)cc1)N1CCNC(Cl)C1Cl. The van der Waals surface area contributed by atoms with E-state index < -0.39 is 25.9 Å². The Labute approximate surface area is 236 Å². The number of anilines is 3. The molecule has 2 aromatic carbocycles. The van der Waals surface area contributed by atoms with Gasteiger partial charge in [-0.1, -0.05) is 22.9 Å². The number of hydrogen-bond donors (Lipinski definition) is 3. The molecule has 0 aliphatic carbocycles. The predicted molar refractivity (Wildman–Crippen MR) is 149 cm³/mol. The summed E-state index contributed by atoms with van der Waals surface area (Å²) in [7, 11) is -4.00. The summed E-state index contributed by atoms with van der Waals surface area (Å²) in [5, 5.41) is 17.1. The van der Waals surface area contributed by atoms with Crippen molar-refractivity contribution < 1.29 is 18.1 Å². The number of carbonyl (C=O) groups excluding carboxylic acids is 1. The number of aromatic nitrogens is 2. The van der Waals surface area contributed by atoms with Gasteiger partial charge in [-0.3, -0.25) is 24.9 Å². The normalized spacial score (nSPS) is 17.6. The molecule has 0 bridgehead atoms. The van der Waals surface area contributed by atoms with Gasteiger partial charge in [0.25, 0.3) is 21.6 Å². The highest BCUT2D eigenvalue weighted by Gasteiger charge is 2.33. The molecule has 3 heterocycles. The molecule has 1 aliphatic rings. The topological polar surface area (TPSA) is 159 Å². The number of sulfonamides is 1. The van der Waals surface area contributed by atoms with Crippen LogP contribution in [-0.2, 0) is 10.0 Å². The number of fused-ring (bicyclic) bond motifs is 1. The van der Waals surface area contributed by atoms with Crippen LogP contribution in [0.3, 0.4) is 0 Å². The molecule has 1 amide bonds. The molecule has 0 saturated carbocycles. The van der Waals surface area contributed by atoms with Crippen molar-refractivity contribution in [3.05, 3.63) is 76.5 Å². The fraction of sp³-hybridized carbons (Fsp3) is 0.174. The number of benzene rings is 2. The minimum Gasteiger partial charge on any atom is -0.340 e. The van der Waals surface area contributed by atoms with Crippen LogP contribution < -0.4 is 15.4 Å². The number of nitro benzene ring substituents is 1. The largest absolute Gasteiger partial charge is 0.340 e. The maximum absolute atomic E-state index is 13.2. The first-order valence-electron chi connectivity index (χ1n) is 11.3. The number of rotatable bonds is 7. The number of non-ortho nitro benzene ring substituents is 1. The molecule has 1 aliphatic heterocycles. The summed E-state index contributed by atoms with van der Waals surface area (Å²) in [5.41, 5.74) is -0.391. The average Bonchev–Trinajstić information content (AvgIpc) is 3.31. The number of thiazole rings is 1. The zero-order valence-corrected chi connectivity index (χ0v) is 22.9. The number of hydrogen-bond acceptors (Lipinski definition) is 10. The predicted octanol–water partition coefficient (Wildman–Crippen LogP) is 4.32. The van der Waals surface area contributed by atoms with Gasteiger partial charge in [-0.2, -0.15) is 0 Å². The van der Waals surface area contributed by atoms with Crippen LogP contribution in [0.25, 0.3) is 10.2 Å². The van der Waals surface area contributed by atoms with Crippen molar-refractivity contribution in [2.24, 2.45) is 0 Å². The van der Waals surface area contributed by atoms with Crippen molar-refractivity contribution in [1.29, 1.82) is 0 Å². The van der Waals surface area contributed by atoms with Crippen LogP contribution in [0, 0.1) is 10.1 Å². The summed E-state index contributed by atoms with van der Waals surface area (Å²) in [5.74, 6) is -0.0735. The van der Waals surface area contributed by atoms with Gasteiger partial charge in [0.1, 0.15) is 16.8 Å². The molecule has 0 spiro atoms. The highest BCUT2D eigenvalue weighted by molar-refractivity contribution is 7.93. The number of pyridine rings is 1. The standard InChI is InChI=1S/C23H19Cl2N7O5S2/c24-19-20(25)31(11-10-26-19)22(33)16-2-1-9-27-21(16)28-13-3-6-15(7-4-13)39(36,37)30-23-29-17-12-14(32(34)35)5-8-18(17)38-23/h1-9,12,19-20,26H,10-11H2,(H,27,28)(H,29,30). The molecule has 39 heavy (non-hydrogen) atoms. The lowest BCUT2D eigenvalue weighted by molar-refractivity contribution is -0.384. The van der Waals surface area contributed by atoms with Gasteiger partial charge < -0.3 is 10.2 Å². The van der Waals surface area contributed by atoms with Crippen molar-refractivity contribution in [3.63, 3.8) is 0 Å². The van der Waals surface area contributed by atoms with Crippen LogP contribution in [-0.4, -0.2) is 58.2 Å². The van der Waals surface area contributed by atoms with Gasteiger partial charge in [-0.05, 0) is 42.5 Å². The van der Waals surface area contributed by atoms with Crippen LogP contribution in [0.5, 0.6) is 0 Å². The van der Waals surface area contributed by atoms with E-state index >= 15 is 0 Å². The Morgan fingerprint density at radius 3 is 2.69 bits per heavy atom. The van der Waals surface area contributed by atoms with Gasteiger partial charge >= 0.3 is 0 Å². The molecule has 12 nitrogen and oxygen atoms in total. The van der Waals surface area contributed by atoms with E-state index in [-0.39, 0.29) is 33.0 Å². The second kappa shape index (κ2) is 10.9. The van der Waals surface area contributed by atoms with E-state index in [0.29, 0.717) is 29.0 Å². The number of carbonyl (C=O) groups is 1. The summed E-state index contributed by atoms with van der Waals surface area (Å²) in [4.78, 5) is 33.5. The minimum absolute atomic E-state index is 0.0328. The molecule has 16 heteroatoms. The number of nitro groups is 1. The molecule has 3 N–H and O–H groups in total. The quantitative estimate of drug-likeness (QED) is 0.120. The van der Waals surface area contributed by atoms with Crippen LogP contribution >= 0.6 is 34.5 Å². The van der Waals surface area contributed by atoms with E-state index in [1.165, 1.54) is 53.6 Å². The van der Waals surface area contributed by atoms with E-state index in [0.717, 1.165) is 11.3 Å². The molecule has 1 fully saturated rings. The van der Waals surface area contributed by atoms with Crippen LogP contribution in [0.1, 0.15) is 10.4 Å². The Hall–Kier alpha value is -3.56. The molecule has 2 atom stereocenters. The Morgan fingerprint density at radius 1 is 1.18 bits per heavy atom. The van der Waals surface area contributed by atoms with E-state index in [4.69, 9.17) is 23.2 Å². The van der Waals surface area contributed by atoms with Crippen LogP contribution in [0.15, 0.2) is 65.7 Å². The second-order valence-corrected chi connectivity index (χ2v) is 11.9. The summed E-state index contributed by atoms with van der Waals surface area (Å²) in [6.45, 7) is 0.864. The lowest BCUT2D eigenvalue weighted by Gasteiger charge is -2.35. The van der Waals surface area contributed by atoms with E-state index in [1.807, 2.05) is 0 Å². The number of piperazine rings is 1. The van der Waals surface area contributed by atoms with Gasteiger partial charge in [-0.25, -0.2) is 18.4 Å². The van der Waals surface area contributed by atoms with Gasteiger partial charge in [0.05, 0.1) is 25.6 Å². The van der Waals surface area contributed by atoms with E-state index in [9.17, 15) is 23.3 Å². The molecule has 4 aromatic rings. The number of nitrogens with zero attached hydrogens (tertiary/aromatic N) is 4. The molecule has 5 rings (SSSR count). The lowest BCUT2D eigenvalue weighted by atomic mass is 10.2. The fourth-order valence-corrected chi connectivity index (χ4v) is 6.45. The molecular formula is C23H19Cl2N7O5S2. The third-order valence-corrected chi connectivity index (χ3v) is 9.21. The molecule has 0 radical (unpaired) electrons. The average molecular weight is 608 g/mol. The summed E-state index contributed by atoms with van der Waals surface area (Å²) in [6.07, 6.45) is 1.52. The maximum atomic E-state index is 13.2. The number of nitrogens with one attached hydrogen (secondary N) is 3. The smallest absolute Gasteiger partial charge is 0.271 e. The van der Waals surface area contributed by atoms with Crippen molar-refractivity contribution in [2.45, 2.75) is 15.9 Å². The van der Waals surface area contributed by atoms with Crippen LogP contribution in [0.4, 0.5) is 22.3 Å². The monoisotopic (exact) mass is 607 g/mol. The third kappa shape index (κ3) is 5.74. The first kappa shape index (κ1) is 27.0. The first-order chi connectivity index (χ1) is 18.6. The highest BCUT2D eigenvalue weighted by atomic mass is 35.5. The summed E-state index contributed by atoms with van der Waals surface area (Å²) >= 11 is 13.5. The number of alkyl halides is 2. The van der Waals surface area contributed by atoms with Crippen LogP contribution in [0.2, 0.25) is 0 Å². The minimum atomic E-state index is -4.00. The Kier molecular flexibility index (Phi) is 7.55. The van der Waals surface area contributed by atoms with E-state index in [2.05, 4.69) is 25.3 Å². The third-order valence-electron chi connectivity index (χ3n) is 5.76. The van der Waals surface area contributed by atoms with Crippen molar-refractivity contribution in [1.82, 2.24) is 20.2 Å². The molecule has 202 valence electrons. The summed E-state index contributed by atoms with van der Waals surface area (Å²) < 4.78 is 28.9. The van der Waals surface area contributed by atoms with Gasteiger partial charge in [0.15, 0.2) is 5.13 Å². The van der Waals surface area contributed by atoms with Gasteiger partial charge in [0, 0.05) is 37.1 Å². The summed E-state index contributed by atoms with van der Waals surface area (Å²) in [6, 6.07) is 13.2. The maximum Gasteiger partial charge on any atom is 0.271 e. The lowest BCUT2D eigenvalue weighted by Crippen LogP contribution is -2.55. The van der Waals surface area contributed by atoms with Gasteiger partial charge in [-0.15, -0.1) is 11.6 Å². The fourth-order valence-electron chi connectivity index (χ4n) is 3.85. The van der Waals surface area contributed by atoms with Crippen molar-refractivity contribution >= 4 is 83.0 Å². The van der Waals surface area contributed by atoms with Crippen molar-refractivity contribution in [2.75, 3.05) is 23.1 Å². The molecular weight excluding hydrogens is 589 g/mol. The number of halogens is 2. The Morgan fingerprint density at radius 2 is 1.95 bits per heavy atom. The first-order valence-corrected chi connectivity index (χ1v) is 14.5. The zero-order chi connectivity index (χ0) is 27.7. The van der Waals surface area contributed by atoms with E-state index in [1.54, 1.807) is 12.1 Å². The molecule has 1 saturated heterocycles.